The van der Waals surface area contributed by atoms with Crippen molar-refractivity contribution in [3.63, 3.8) is 0 Å². The fourth-order valence-electron chi connectivity index (χ4n) is 2.97. The van der Waals surface area contributed by atoms with Crippen LogP contribution in [0.2, 0.25) is 0 Å². The lowest BCUT2D eigenvalue weighted by atomic mass is 10.1. The second kappa shape index (κ2) is 17.0. The zero-order chi connectivity index (χ0) is 26.1. The standard InChI is InChI=1S/C29H39FN4O/c1-6-9-11-14-23(20-31)21-34-22(4)26-17-16-25(30)18-28(26)35-29(33-5)19-27(32)24(13-8-3)15-12-10-7-2/h7,10,12-19,21,32-33H,4,6,8-9,11,20,31H2,1-3,5H3/b10-7-,15-12-,23-14-,24-13-,29-19+,32-27?,34-21-. The molecule has 1 aromatic rings. The van der Waals surface area contributed by atoms with Gasteiger partial charge in [-0.2, -0.15) is 0 Å². The molecule has 0 radical (unpaired) electrons. The van der Waals surface area contributed by atoms with Crippen LogP contribution in [0.4, 0.5) is 4.39 Å². The van der Waals surface area contributed by atoms with Crippen molar-refractivity contribution in [3.05, 3.63) is 95.7 Å². The van der Waals surface area contributed by atoms with Gasteiger partial charge in [-0.05, 0) is 43.0 Å². The number of hydrogen-bond donors (Lipinski definition) is 3. The smallest absolute Gasteiger partial charge is 0.195 e. The van der Waals surface area contributed by atoms with Crippen molar-refractivity contribution in [2.45, 2.75) is 46.5 Å². The van der Waals surface area contributed by atoms with Gasteiger partial charge in [0.25, 0.3) is 0 Å². The Morgan fingerprint density at radius 1 is 1.26 bits per heavy atom. The number of hydrogen-bond acceptors (Lipinski definition) is 5. The maximum Gasteiger partial charge on any atom is 0.195 e. The summed E-state index contributed by atoms with van der Waals surface area (Å²) >= 11 is 0. The summed E-state index contributed by atoms with van der Waals surface area (Å²) in [5.74, 6) is 0.0893. The van der Waals surface area contributed by atoms with E-state index in [0.717, 1.165) is 36.8 Å². The molecule has 0 saturated carbocycles. The summed E-state index contributed by atoms with van der Waals surface area (Å²) in [6.07, 6.45) is 18.7. The van der Waals surface area contributed by atoms with Gasteiger partial charge in [-0.3, -0.25) is 4.99 Å². The van der Waals surface area contributed by atoms with Crippen molar-refractivity contribution in [2.24, 2.45) is 10.7 Å². The Morgan fingerprint density at radius 2 is 2.03 bits per heavy atom. The fraction of sp³-hybridized carbons (Fsp3) is 0.310. The summed E-state index contributed by atoms with van der Waals surface area (Å²) in [4.78, 5) is 4.45. The van der Waals surface area contributed by atoms with Crippen LogP contribution >= 0.6 is 0 Å². The molecule has 1 rings (SSSR count). The van der Waals surface area contributed by atoms with Gasteiger partial charge in [0.15, 0.2) is 5.88 Å². The first-order valence-corrected chi connectivity index (χ1v) is 12.0. The van der Waals surface area contributed by atoms with Gasteiger partial charge in [-0.15, -0.1) is 0 Å². The summed E-state index contributed by atoms with van der Waals surface area (Å²) < 4.78 is 20.1. The Balaban J connectivity index is 3.21. The van der Waals surface area contributed by atoms with Crippen LogP contribution in [-0.2, 0) is 0 Å². The molecule has 0 fully saturated rings. The molecule has 188 valence electrons. The molecule has 0 unspecified atom stereocenters. The molecule has 0 aliphatic rings. The number of unbranched alkanes of at least 4 members (excludes halogenated alkanes) is 2. The monoisotopic (exact) mass is 478 g/mol. The van der Waals surface area contributed by atoms with Crippen LogP contribution in [0.1, 0.15) is 52.0 Å². The average molecular weight is 479 g/mol. The molecule has 0 atom stereocenters. The first-order valence-electron chi connectivity index (χ1n) is 12.0. The Hall–Kier alpha value is -3.51. The predicted octanol–water partition coefficient (Wildman–Crippen LogP) is 6.87. The van der Waals surface area contributed by atoms with Gasteiger partial charge in [-0.1, -0.05) is 69.7 Å². The van der Waals surface area contributed by atoms with Gasteiger partial charge in [0.05, 0.1) is 11.4 Å². The molecule has 0 heterocycles. The molecular formula is C29H39FN4O. The van der Waals surface area contributed by atoms with Gasteiger partial charge in [-0.25, -0.2) is 4.39 Å². The van der Waals surface area contributed by atoms with E-state index in [-0.39, 0.29) is 11.5 Å². The molecule has 0 amide bonds. The maximum absolute atomic E-state index is 14.1. The predicted molar refractivity (Wildman–Crippen MR) is 148 cm³/mol. The van der Waals surface area contributed by atoms with Gasteiger partial charge in [0.1, 0.15) is 11.6 Å². The van der Waals surface area contributed by atoms with Crippen molar-refractivity contribution >= 4 is 17.6 Å². The highest BCUT2D eigenvalue weighted by Gasteiger charge is 2.12. The van der Waals surface area contributed by atoms with Crippen LogP contribution in [0, 0.1) is 11.2 Å². The number of nitrogens with one attached hydrogen (secondary N) is 2. The normalized spacial score (nSPS) is 13.3. The first kappa shape index (κ1) is 29.5. The third-order valence-corrected chi connectivity index (χ3v) is 4.90. The quantitative estimate of drug-likeness (QED) is 0.111. The van der Waals surface area contributed by atoms with E-state index in [4.69, 9.17) is 15.9 Å². The molecule has 0 aromatic heterocycles. The largest absolute Gasteiger partial charge is 0.441 e. The number of nitrogens with two attached hydrogens (primary N) is 1. The van der Waals surface area contributed by atoms with Crippen LogP contribution in [-0.4, -0.2) is 25.5 Å². The molecule has 0 spiro atoms. The third-order valence-electron chi connectivity index (χ3n) is 4.90. The Labute approximate surface area is 209 Å². The minimum Gasteiger partial charge on any atom is -0.441 e. The third kappa shape index (κ3) is 11.0. The van der Waals surface area contributed by atoms with Crippen molar-refractivity contribution in [2.75, 3.05) is 13.6 Å². The highest BCUT2D eigenvalue weighted by atomic mass is 19.1. The minimum atomic E-state index is -0.450. The fourth-order valence-corrected chi connectivity index (χ4v) is 2.97. The second-order valence-electron chi connectivity index (χ2n) is 7.70. The van der Waals surface area contributed by atoms with E-state index >= 15 is 0 Å². The van der Waals surface area contributed by atoms with Gasteiger partial charge in [0.2, 0.25) is 0 Å². The Kier molecular flexibility index (Phi) is 14.3. The van der Waals surface area contributed by atoms with Crippen LogP contribution in [0.3, 0.4) is 0 Å². The number of halogens is 1. The number of benzene rings is 1. The van der Waals surface area contributed by atoms with E-state index in [9.17, 15) is 4.39 Å². The molecule has 0 aliphatic heterocycles. The van der Waals surface area contributed by atoms with Crippen molar-refractivity contribution in [3.8, 4) is 5.75 Å². The molecule has 0 bridgehead atoms. The van der Waals surface area contributed by atoms with E-state index in [2.05, 4.69) is 29.9 Å². The Morgan fingerprint density at radius 3 is 2.66 bits per heavy atom. The summed E-state index contributed by atoms with van der Waals surface area (Å²) in [6.45, 7) is 10.5. The zero-order valence-electron chi connectivity index (χ0n) is 21.4. The van der Waals surface area contributed by atoms with Crippen molar-refractivity contribution in [1.82, 2.24) is 5.32 Å². The molecule has 4 N–H and O–H groups in total. The van der Waals surface area contributed by atoms with Crippen molar-refractivity contribution in [1.29, 1.82) is 5.41 Å². The second-order valence-corrected chi connectivity index (χ2v) is 7.70. The number of nitrogens with zero attached hydrogens (tertiary/aromatic N) is 1. The van der Waals surface area contributed by atoms with Crippen LogP contribution in [0.25, 0.3) is 5.70 Å². The number of rotatable bonds is 15. The van der Waals surface area contributed by atoms with E-state index in [1.165, 1.54) is 12.1 Å². The molecule has 0 saturated heterocycles. The minimum absolute atomic E-state index is 0.246. The van der Waals surface area contributed by atoms with E-state index in [0.29, 0.717) is 23.7 Å². The van der Waals surface area contributed by atoms with Gasteiger partial charge >= 0.3 is 0 Å². The zero-order valence-corrected chi connectivity index (χ0v) is 21.4. The number of allylic oxidation sites excluding steroid dienone is 8. The lowest BCUT2D eigenvalue weighted by Crippen LogP contribution is -2.15. The SMILES string of the molecule is C=C(/N=C\C(=C/CCCC)CN)c1ccc(F)cc1O/C(=C/C(=N)C(/C=C\C=C/C)=C\CC)NC. The number of aliphatic imine (C=N–C) groups is 1. The number of ether oxygens (including phenoxy) is 1. The van der Waals surface area contributed by atoms with Gasteiger partial charge in [0, 0.05) is 37.5 Å². The summed E-state index contributed by atoms with van der Waals surface area (Å²) in [5, 5.41) is 11.4. The van der Waals surface area contributed by atoms with Crippen molar-refractivity contribution < 1.29 is 9.13 Å². The Bertz CT molecular complexity index is 1030. The molecule has 35 heavy (non-hydrogen) atoms. The average Bonchev–Trinajstić information content (AvgIpc) is 2.85. The molecular weight excluding hydrogens is 439 g/mol. The van der Waals surface area contributed by atoms with E-state index < -0.39 is 5.82 Å². The lowest BCUT2D eigenvalue weighted by molar-refractivity contribution is 0.389. The van der Waals surface area contributed by atoms with E-state index in [1.807, 2.05) is 44.2 Å². The van der Waals surface area contributed by atoms with Crippen LogP contribution < -0.4 is 15.8 Å². The lowest BCUT2D eigenvalue weighted by Gasteiger charge is -2.14. The highest BCUT2D eigenvalue weighted by molar-refractivity contribution is 6.08. The molecule has 1 aromatic carbocycles. The summed E-state index contributed by atoms with van der Waals surface area (Å²) in [5.41, 5.74) is 8.71. The molecule has 5 nitrogen and oxygen atoms in total. The maximum atomic E-state index is 14.1. The summed E-state index contributed by atoms with van der Waals surface area (Å²) in [7, 11) is 1.68. The topological polar surface area (TPSA) is 83.5 Å². The van der Waals surface area contributed by atoms with E-state index in [1.54, 1.807) is 25.4 Å². The molecule has 6 heteroatoms. The summed E-state index contributed by atoms with van der Waals surface area (Å²) in [6, 6.07) is 4.19. The molecule has 0 aliphatic carbocycles. The van der Waals surface area contributed by atoms with Crippen LogP contribution in [0.5, 0.6) is 5.75 Å². The van der Waals surface area contributed by atoms with Gasteiger partial charge < -0.3 is 21.2 Å². The first-order chi connectivity index (χ1) is 16.9. The highest BCUT2D eigenvalue weighted by Crippen LogP contribution is 2.28. The van der Waals surface area contributed by atoms with Crippen LogP contribution in [0.15, 0.2) is 89.3 Å².